The first kappa shape index (κ1) is 17.3. The van der Waals surface area contributed by atoms with Gasteiger partial charge in [0.25, 0.3) is 0 Å². The number of carbonyl (C=O) groups is 1. The Kier molecular flexibility index (Phi) is 4.42. The number of hydrogen-bond donors (Lipinski definition) is 0. The molecule has 1 aromatic heterocycles. The van der Waals surface area contributed by atoms with Gasteiger partial charge in [0.1, 0.15) is 11.1 Å². The van der Waals surface area contributed by atoms with E-state index in [0.717, 1.165) is 16.7 Å². The molecular formula is C19H23N3O3. The lowest BCUT2D eigenvalue weighted by Gasteiger charge is -2.35. The third kappa shape index (κ3) is 3.93. The van der Waals surface area contributed by atoms with Crippen LogP contribution in [0.3, 0.4) is 0 Å². The second-order valence-corrected chi connectivity index (χ2v) is 7.63. The molecule has 0 bridgehead atoms. The van der Waals surface area contributed by atoms with Crippen LogP contribution in [0.25, 0.3) is 15.9 Å². The average molecular weight is 341 g/mol. The molecule has 132 valence electrons. The molecule has 1 aliphatic heterocycles. The molecule has 0 aliphatic carbocycles. The minimum atomic E-state index is -0.502. The summed E-state index contributed by atoms with van der Waals surface area (Å²) in [5.41, 5.74) is 1.65. The van der Waals surface area contributed by atoms with Gasteiger partial charge in [-0.3, -0.25) is 0 Å². The number of likely N-dealkylation sites (tertiary alicyclic amines) is 1. The molecule has 1 fully saturated rings. The van der Waals surface area contributed by atoms with E-state index in [9.17, 15) is 4.79 Å². The molecule has 0 atom stereocenters. The summed E-state index contributed by atoms with van der Waals surface area (Å²) in [5, 5.41) is 0. The smallest absolute Gasteiger partial charge is 0.410 e. The third-order valence-electron chi connectivity index (χ3n) is 4.51. The van der Waals surface area contributed by atoms with E-state index < -0.39 is 11.1 Å². The Labute approximate surface area is 147 Å². The zero-order valence-electron chi connectivity index (χ0n) is 14.9. The maximum absolute atomic E-state index is 12.2. The van der Waals surface area contributed by atoms with E-state index in [1.54, 1.807) is 4.90 Å². The standard InChI is InChI=1S/C19H23N3O3/c1-18(2,3)25-17(23)22-9-7-19(20-4,8-10-22)12-14-5-6-16-15(11-14)21-13-24-16/h5-6,11,13H,7-10,12H2,1-3H3. The van der Waals surface area contributed by atoms with E-state index in [-0.39, 0.29) is 6.09 Å². The summed E-state index contributed by atoms with van der Waals surface area (Å²) in [4.78, 5) is 22.0. The van der Waals surface area contributed by atoms with Crippen molar-refractivity contribution in [3.05, 3.63) is 41.6 Å². The van der Waals surface area contributed by atoms with Crippen LogP contribution in [-0.2, 0) is 11.2 Å². The Morgan fingerprint density at radius 3 is 2.76 bits per heavy atom. The Bertz CT molecular complexity index is 805. The van der Waals surface area contributed by atoms with Crippen LogP contribution in [0.4, 0.5) is 4.79 Å². The van der Waals surface area contributed by atoms with Crippen LogP contribution in [0, 0.1) is 6.57 Å². The SMILES string of the molecule is [C-]#[N+]C1(Cc2ccc3ocnc3c2)CCN(C(=O)OC(C)(C)C)CC1. The van der Waals surface area contributed by atoms with Crippen molar-refractivity contribution in [2.75, 3.05) is 13.1 Å². The number of benzene rings is 1. The van der Waals surface area contributed by atoms with Gasteiger partial charge in [-0.1, -0.05) is 6.07 Å². The monoisotopic (exact) mass is 341 g/mol. The molecule has 1 saturated heterocycles. The largest absolute Gasteiger partial charge is 0.444 e. The van der Waals surface area contributed by atoms with Gasteiger partial charge in [-0.2, -0.15) is 0 Å². The Morgan fingerprint density at radius 2 is 2.12 bits per heavy atom. The van der Waals surface area contributed by atoms with Crippen LogP contribution in [0.5, 0.6) is 0 Å². The minimum absolute atomic E-state index is 0.296. The quantitative estimate of drug-likeness (QED) is 0.773. The van der Waals surface area contributed by atoms with Crippen LogP contribution in [-0.4, -0.2) is 40.2 Å². The lowest BCUT2D eigenvalue weighted by atomic mass is 9.82. The highest BCUT2D eigenvalue weighted by Crippen LogP contribution is 2.32. The fourth-order valence-electron chi connectivity index (χ4n) is 3.15. The predicted molar refractivity (Wildman–Crippen MR) is 94.1 cm³/mol. The predicted octanol–water partition coefficient (Wildman–Crippen LogP) is 4.06. The Morgan fingerprint density at radius 1 is 1.40 bits per heavy atom. The summed E-state index contributed by atoms with van der Waals surface area (Å²) >= 11 is 0. The van der Waals surface area contributed by atoms with Crippen LogP contribution in [0.2, 0.25) is 0 Å². The number of ether oxygens (including phenoxy) is 1. The molecule has 1 aromatic carbocycles. The Balaban J connectivity index is 1.67. The van der Waals surface area contributed by atoms with Crippen molar-refractivity contribution in [1.29, 1.82) is 0 Å². The number of rotatable bonds is 2. The van der Waals surface area contributed by atoms with Crippen molar-refractivity contribution in [2.45, 2.75) is 51.2 Å². The minimum Gasteiger partial charge on any atom is -0.444 e. The number of aromatic nitrogens is 1. The van der Waals surface area contributed by atoms with Crippen molar-refractivity contribution < 1.29 is 13.9 Å². The zero-order chi connectivity index (χ0) is 18.1. The van der Waals surface area contributed by atoms with Gasteiger partial charge in [-0.25, -0.2) is 16.4 Å². The van der Waals surface area contributed by atoms with E-state index in [2.05, 4.69) is 9.83 Å². The number of amides is 1. The lowest BCUT2D eigenvalue weighted by molar-refractivity contribution is 0.0184. The van der Waals surface area contributed by atoms with Gasteiger partial charge in [0, 0.05) is 25.9 Å². The summed E-state index contributed by atoms with van der Waals surface area (Å²) < 4.78 is 10.7. The van der Waals surface area contributed by atoms with E-state index in [4.69, 9.17) is 15.7 Å². The van der Waals surface area contributed by atoms with E-state index in [1.807, 2.05) is 39.0 Å². The summed E-state index contributed by atoms with van der Waals surface area (Å²) in [6.07, 6.45) is 3.08. The van der Waals surface area contributed by atoms with Gasteiger partial charge in [0.15, 0.2) is 12.0 Å². The van der Waals surface area contributed by atoms with Crippen LogP contribution in [0.1, 0.15) is 39.2 Å². The number of hydrogen-bond acceptors (Lipinski definition) is 4. The first-order valence-electron chi connectivity index (χ1n) is 8.49. The first-order valence-corrected chi connectivity index (χ1v) is 8.49. The molecule has 0 unspecified atom stereocenters. The van der Waals surface area contributed by atoms with Gasteiger partial charge in [0.05, 0.1) is 6.42 Å². The summed E-state index contributed by atoms with van der Waals surface area (Å²) in [6.45, 7) is 14.4. The average Bonchev–Trinajstić information content (AvgIpc) is 3.01. The molecule has 0 radical (unpaired) electrons. The second-order valence-electron chi connectivity index (χ2n) is 7.63. The van der Waals surface area contributed by atoms with Crippen molar-refractivity contribution in [3.63, 3.8) is 0 Å². The van der Waals surface area contributed by atoms with Gasteiger partial charge in [0.2, 0.25) is 5.54 Å². The van der Waals surface area contributed by atoms with Gasteiger partial charge < -0.3 is 18.9 Å². The highest BCUT2D eigenvalue weighted by atomic mass is 16.6. The number of oxazole rings is 1. The molecular weight excluding hydrogens is 318 g/mol. The molecule has 25 heavy (non-hydrogen) atoms. The molecule has 0 spiro atoms. The number of piperidine rings is 1. The molecule has 2 heterocycles. The molecule has 1 aliphatic rings. The van der Waals surface area contributed by atoms with E-state index in [1.165, 1.54) is 6.39 Å². The molecule has 0 N–H and O–H groups in total. The Hall–Kier alpha value is -2.55. The summed E-state index contributed by atoms with van der Waals surface area (Å²) in [7, 11) is 0. The highest BCUT2D eigenvalue weighted by Gasteiger charge is 2.42. The topological polar surface area (TPSA) is 59.9 Å². The molecule has 3 rings (SSSR count). The number of fused-ring (bicyclic) bond motifs is 1. The van der Waals surface area contributed by atoms with Crippen LogP contribution < -0.4 is 0 Å². The van der Waals surface area contributed by atoms with Gasteiger partial charge in [-0.15, -0.1) is 0 Å². The molecule has 2 aromatic rings. The first-order chi connectivity index (χ1) is 11.8. The zero-order valence-corrected chi connectivity index (χ0v) is 14.9. The molecule has 1 amide bonds. The molecule has 6 nitrogen and oxygen atoms in total. The normalized spacial score (nSPS) is 17.3. The van der Waals surface area contributed by atoms with Crippen LogP contribution >= 0.6 is 0 Å². The fraction of sp³-hybridized carbons (Fsp3) is 0.526. The fourth-order valence-corrected chi connectivity index (χ4v) is 3.15. The summed E-state index contributed by atoms with van der Waals surface area (Å²) in [5.74, 6) is 0. The van der Waals surface area contributed by atoms with Crippen molar-refractivity contribution in [3.8, 4) is 0 Å². The molecule has 6 heteroatoms. The van der Waals surface area contributed by atoms with Crippen molar-refractivity contribution in [2.24, 2.45) is 0 Å². The van der Waals surface area contributed by atoms with Crippen LogP contribution in [0.15, 0.2) is 29.0 Å². The number of nitrogens with zero attached hydrogens (tertiary/aromatic N) is 3. The number of carbonyl (C=O) groups excluding carboxylic acids is 1. The van der Waals surface area contributed by atoms with Crippen molar-refractivity contribution >= 4 is 17.2 Å². The lowest BCUT2D eigenvalue weighted by Crippen LogP contribution is -2.47. The van der Waals surface area contributed by atoms with E-state index >= 15 is 0 Å². The maximum atomic E-state index is 12.2. The maximum Gasteiger partial charge on any atom is 0.410 e. The van der Waals surface area contributed by atoms with Crippen molar-refractivity contribution in [1.82, 2.24) is 9.88 Å². The molecule has 0 saturated carbocycles. The third-order valence-corrected chi connectivity index (χ3v) is 4.51. The highest BCUT2D eigenvalue weighted by molar-refractivity contribution is 5.72. The van der Waals surface area contributed by atoms with E-state index in [0.29, 0.717) is 32.4 Å². The van der Waals surface area contributed by atoms with Gasteiger partial charge >= 0.3 is 6.09 Å². The summed E-state index contributed by atoms with van der Waals surface area (Å²) in [6, 6.07) is 5.86. The second kappa shape index (κ2) is 6.40. The van der Waals surface area contributed by atoms with Gasteiger partial charge in [-0.05, 0) is 38.5 Å².